The van der Waals surface area contributed by atoms with Crippen molar-refractivity contribution in [2.24, 2.45) is 0 Å². The molecule has 1 aromatic heterocycles. The zero-order valence-corrected chi connectivity index (χ0v) is 18.7. The first-order chi connectivity index (χ1) is 14.6. The smallest absolute Gasteiger partial charge is 0.260 e. The number of carbonyl (C=O) groups is 1. The van der Waals surface area contributed by atoms with E-state index >= 15 is 0 Å². The number of aromatic nitrogens is 1. The summed E-state index contributed by atoms with van der Waals surface area (Å²) in [5, 5.41) is 2.67. The van der Waals surface area contributed by atoms with Crippen LogP contribution in [-0.4, -0.2) is 49.8 Å². The number of hydrogen-bond acceptors (Lipinski definition) is 6. The highest BCUT2D eigenvalue weighted by Crippen LogP contribution is 2.40. The van der Waals surface area contributed by atoms with Crippen LogP contribution in [0.2, 0.25) is 0 Å². The molecule has 31 heavy (non-hydrogen) atoms. The van der Waals surface area contributed by atoms with Crippen molar-refractivity contribution in [3.05, 3.63) is 60.2 Å². The summed E-state index contributed by atoms with van der Waals surface area (Å²) >= 11 is 1.49. The Morgan fingerprint density at radius 1 is 1.03 bits per heavy atom. The third kappa shape index (κ3) is 4.04. The predicted octanol–water partition coefficient (Wildman–Crippen LogP) is 1.39. The topological polar surface area (TPSA) is 54.9 Å². The standard InChI is InChI=1S/C23H21N3O3S.ClH/c1-25(2)10-11-26(22(27)17-9-5-7-15-6-3-4-8-16(15)17)23-24-18-12-19-20(29-14-28-19)13-21(18)30-23;/h3-9,12-13H,10-11,14H2,1-2H3;1H/p-1. The van der Waals surface area contributed by atoms with E-state index in [1.807, 2.05) is 68.7 Å². The Morgan fingerprint density at radius 3 is 2.58 bits per heavy atom. The molecular weight excluding hydrogens is 434 g/mol. The second-order valence-electron chi connectivity index (χ2n) is 7.46. The minimum atomic E-state index is -0.0484. The second kappa shape index (κ2) is 8.70. The van der Waals surface area contributed by atoms with Crippen molar-refractivity contribution in [1.82, 2.24) is 9.88 Å². The molecule has 8 heteroatoms. The third-order valence-corrected chi connectivity index (χ3v) is 6.18. The Bertz CT molecular complexity index is 1210. The van der Waals surface area contributed by atoms with Crippen LogP contribution in [0, 0.1) is 0 Å². The van der Waals surface area contributed by atoms with Crippen LogP contribution in [0.25, 0.3) is 21.0 Å². The molecule has 0 radical (unpaired) electrons. The molecule has 0 fully saturated rings. The van der Waals surface area contributed by atoms with E-state index in [0.29, 0.717) is 23.0 Å². The molecule has 6 nitrogen and oxygen atoms in total. The highest BCUT2D eigenvalue weighted by atomic mass is 35.5. The highest BCUT2D eigenvalue weighted by Gasteiger charge is 2.24. The van der Waals surface area contributed by atoms with Gasteiger partial charge in [-0.3, -0.25) is 9.69 Å². The van der Waals surface area contributed by atoms with Gasteiger partial charge in [0.25, 0.3) is 5.91 Å². The number of benzene rings is 3. The maximum absolute atomic E-state index is 13.7. The van der Waals surface area contributed by atoms with Gasteiger partial charge in [0.15, 0.2) is 16.6 Å². The summed E-state index contributed by atoms with van der Waals surface area (Å²) < 4.78 is 11.9. The molecular formula is C23H21ClN3O3S-. The summed E-state index contributed by atoms with van der Waals surface area (Å²) in [4.78, 5) is 22.3. The molecule has 0 atom stereocenters. The number of anilines is 1. The van der Waals surface area contributed by atoms with E-state index in [1.54, 1.807) is 4.90 Å². The number of halogens is 1. The van der Waals surface area contributed by atoms with Gasteiger partial charge >= 0.3 is 0 Å². The first kappa shape index (κ1) is 21.4. The molecule has 160 valence electrons. The van der Waals surface area contributed by atoms with Crippen LogP contribution in [0.3, 0.4) is 0 Å². The van der Waals surface area contributed by atoms with Gasteiger partial charge in [-0.1, -0.05) is 47.7 Å². The maximum atomic E-state index is 13.7. The summed E-state index contributed by atoms with van der Waals surface area (Å²) in [5.41, 5.74) is 1.49. The Morgan fingerprint density at radius 2 is 1.77 bits per heavy atom. The third-order valence-electron chi connectivity index (χ3n) is 5.14. The summed E-state index contributed by atoms with van der Waals surface area (Å²) in [7, 11) is 4.00. The van der Waals surface area contributed by atoms with E-state index < -0.39 is 0 Å². The van der Waals surface area contributed by atoms with Gasteiger partial charge in [-0.15, -0.1) is 0 Å². The van der Waals surface area contributed by atoms with Crippen molar-refractivity contribution < 1.29 is 26.7 Å². The van der Waals surface area contributed by atoms with E-state index in [0.717, 1.165) is 33.3 Å². The number of fused-ring (bicyclic) bond motifs is 3. The van der Waals surface area contributed by atoms with E-state index in [-0.39, 0.29) is 25.1 Å². The minimum absolute atomic E-state index is 0. The van der Waals surface area contributed by atoms with Crippen LogP contribution in [0.15, 0.2) is 54.6 Å². The van der Waals surface area contributed by atoms with Crippen molar-refractivity contribution in [2.75, 3.05) is 38.9 Å². The fourth-order valence-corrected chi connectivity index (χ4v) is 4.56. The molecule has 0 bridgehead atoms. The Kier molecular flexibility index (Phi) is 6.00. The molecule has 1 aliphatic rings. The van der Waals surface area contributed by atoms with Crippen LogP contribution < -0.4 is 26.8 Å². The Labute approximate surface area is 190 Å². The summed E-state index contributed by atoms with van der Waals surface area (Å²) in [6.07, 6.45) is 0. The van der Waals surface area contributed by atoms with E-state index in [1.165, 1.54) is 11.3 Å². The fraction of sp³-hybridized carbons (Fsp3) is 0.217. The largest absolute Gasteiger partial charge is 1.00 e. The lowest BCUT2D eigenvalue weighted by molar-refractivity contribution is -0.0000152. The molecule has 2 heterocycles. The van der Waals surface area contributed by atoms with Gasteiger partial charge in [0.2, 0.25) is 6.79 Å². The van der Waals surface area contributed by atoms with Gasteiger partial charge in [0, 0.05) is 30.8 Å². The van der Waals surface area contributed by atoms with Crippen LogP contribution in [0.5, 0.6) is 11.5 Å². The molecule has 0 saturated heterocycles. The Hall–Kier alpha value is -2.87. The van der Waals surface area contributed by atoms with Gasteiger partial charge in [0.1, 0.15) is 0 Å². The zero-order chi connectivity index (χ0) is 20.7. The predicted molar refractivity (Wildman–Crippen MR) is 120 cm³/mol. The number of hydrogen-bond donors (Lipinski definition) is 0. The monoisotopic (exact) mass is 454 g/mol. The quantitative estimate of drug-likeness (QED) is 0.456. The van der Waals surface area contributed by atoms with E-state index in [4.69, 9.17) is 14.5 Å². The fourth-order valence-electron chi connectivity index (χ4n) is 3.56. The number of thiazole rings is 1. The average molecular weight is 455 g/mol. The van der Waals surface area contributed by atoms with Gasteiger partial charge in [0.05, 0.1) is 10.2 Å². The number of rotatable bonds is 5. The molecule has 0 spiro atoms. The summed E-state index contributed by atoms with van der Waals surface area (Å²) in [6.45, 7) is 1.50. The number of nitrogens with zero attached hydrogens (tertiary/aromatic N) is 3. The van der Waals surface area contributed by atoms with Gasteiger partial charge in [-0.25, -0.2) is 4.98 Å². The van der Waals surface area contributed by atoms with Crippen LogP contribution in [0.1, 0.15) is 10.4 Å². The van der Waals surface area contributed by atoms with Gasteiger partial charge in [-0.05, 0) is 30.9 Å². The first-order valence-electron chi connectivity index (χ1n) is 9.75. The van der Waals surface area contributed by atoms with Crippen LogP contribution in [0.4, 0.5) is 5.13 Å². The lowest BCUT2D eigenvalue weighted by Crippen LogP contribution is -3.00. The molecule has 3 aromatic carbocycles. The second-order valence-corrected chi connectivity index (χ2v) is 8.47. The number of likely N-dealkylation sites (N-methyl/N-ethyl adjacent to an activating group) is 1. The molecule has 0 saturated carbocycles. The van der Waals surface area contributed by atoms with E-state index in [2.05, 4.69) is 4.90 Å². The number of amides is 1. The normalized spacial score (nSPS) is 12.4. The maximum Gasteiger partial charge on any atom is 0.260 e. The molecule has 4 aromatic rings. The zero-order valence-electron chi connectivity index (χ0n) is 17.2. The van der Waals surface area contributed by atoms with Crippen molar-refractivity contribution in [3.8, 4) is 11.5 Å². The molecule has 0 aliphatic carbocycles. The molecule has 1 aliphatic heterocycles. The number of carbonyl (C=O) groups excluding carboxylic acids is 1. The Balaban J connectivity index is 0.00000231. The lowest BCUT2D eigenvalue weighted by Gasteiger charge is -2.22. The van der Waals surface area contributed by atoms with Crippen molar-refractivity contribution in [3.63, 3.8) is 0 Å². The van der Waals surface area contributed by atoms with Gasteiger partial charge in [-0.2, -0.15) is 0 Å². The van der Waals surface area contributed by atoms with Gasteiger partial charge < -0.3 is 26.8 Å². The summed E-state index contributed by atoms with van der Waals surface area (Å²) in [6, 6.07) is 17.6. The number of ether oxygens (including phenoxy) is 2. The minimum Gasteiger partial charge on any atom is -1.00 e. The lowest BCUT2D eigenvalue weighted by atomic mass is 10.0. The van der Waals surface area contributed by atoms with Crippen molar-refractivity contribution in [2.45, 2.75) is 0 Å². The van der Waals surface area contributed by atoms with Crippen LogP contribution in [-0.2, 0) is 0 Å². The van der Waals surface area contributed by atoms with E-state index in [9.17, 15) is 4.79 Å². The first-order valence-corrected chi connectivity index (χ1v) is 10.6. The molecule has 1 amide bonds. The highest BCUT2D eigenvalue weighted by molar-refractivity contribution is 7.22. The SMILES string of the molecule is CN(C)CCN(C(=O)c1cccc2ccccc12)c1nc2cc3c(cc2s1)OCO3.[Cl-]. The molecule has 0 N–H and O–H groups in total. The molecule has 5 rings (SSSR count). The average Bonchev–Trinajstić information content (AvgIpc) is 3.37. The van der Waals surface area contributed by atoms with Crippen molar-refractivity contribution >= 4 is 43.4 Å². The van der Waals surface area contributed by atoms with Crippen LogP contribution >= 0.6 is 11.3 Å². The summed E-state index contributed by atoms with van der Waals surface area (Å²) in [5.74, 6) is 1.37. The van der Waals surface area contributed by atoms with Crippen molar-refractivity contribution in [1.29, 1.82) is 0 Å². The molecule has 0 unspecified atom stereocenters.